The molecule has 2 unspecified atom stereocenters. The van der Waals surface area contributed by atoms with Crippen molar-refractivity contribution in [3.05, 3.63) is 64.6 Å². The molecule has 3 N–H and O–H groups in total. The number of fused-ring (bicyclic) bond motifs is 1. The molecule has 1 amide bonds. The molecule has 1 aliphatic rings. The molecule has 1 aromatic heterocycles. The molecule has 36 heavy (non-hydrogen) atoms. The highest BCUT2D eigenvalue weighted by Crippen LogP contribution is 2.20. The quantitative estimate of drug-likeness (QED) is 0.432. The monoisotopic (exact) mass is 498 g/mol. The maximum atomic E-state index is 12.8. The molecule has 4 rings (SSSR count). The van der Waals surface area contributed by atoms with Crippen LogP contribution in [0.4, 0.5) is 0 Å². The number of amides is 1. The highest BCUT2D eigenvalue weighted by molar-refractivity contribution is 5.97. The van der Waals surface area contributed by atoms with Gasteiger partial charge in [-0.25, -0.2) is 4.79 Å². The average Bonchev–Trinajstić information content (AvgIpc) is 3.17. The summed E-state index contributed by atoms with van der Waals surface area (Å²) < 4.78 is 14.8. The number of carbonyl (C=O) groups is 1. The first kappa shape index (κ1) is 27.4. The van der Waals surface area contributed by atoms with E-state index in [-0.39, 0.29) is 29.2 Å². The summed E-state index contributed by atoms with van der Waals surface area (Å²) in [7, 11) is 3.27. The first-order chi connectivity index (χ1) is 17.1. The van der Waals surface area contributed by atoms with Gasteiger partial charge in [0.1, 0.15) is 5.75 Å². The Labute approximate surface area is 211 Å². The fraction of sp³-hybridized carbons (Fsp3) is 0.481. The van der Waals surface area contributed by atoms with Crippen molar-refractivity contribution in [3.8, 4) is 5.75 Å². The number of methoxy groups -OCH3 is 2. The van der Waals surface area contributed by atoms with Gasteiger partial charge in [0.2, 0.25) is 0 Å². The normalized spacial score (nSPS) is 18.1. The van der Waals surface area contributed by atoms with Crippen LogP contribution < -0.4 is 15.7 Å². The maximum absolute atomic E-state index is 12.8. The predicted molar refractivity (Wildman–Crippen MR) is 141 cm³/mol. The first-order valence-corrected chi connectivity index (χ1v) is 12.4. The Kier molecular flexibility index (Phi) is 9.69. The first-order valence-electron chi connectivity index (χ1n) is 12.4. The van der Waals surface area contributed by atoms with Crippen LogP contribution in [0.1, 0.15) is 36.5 Å². The molecule has 0 saturated carbocycles. The van der Waals surface area contributed by atoms with Crippen LogP contribution in [0, 0.1) is 0 Å². The standard InChI is InChI=1S/C27H36N4O4.H2O/c1-4-30-22-12-6-7-13-23(22)31(27(30)33)17-10-9-16-29-18-15-21(25(19-29)35-3)28-26(32)20-11-5-8-14-24(20)34-2;/h5-8,11-14,21,25H,4,9-10,15-19H2,1-3H3,(H,28,32);1H2. The second-order valence-electron chi connectivity index (χ2n) is 9.02. The van der Waals surface area contributed by atoms with E-state index in [1.807, 2.05) is 52.5 Å². The number of rotatable bonds is 10. The number of imidazole rings is 1. The van der Waals surface area contributed by atoms with Gasteiger partial charge in [-0.05, 0) is 57.0 Å². The largest absolute Gasteiger partial charge is 0.496 e. The lowest BCUT2D eigenvalue weighted by molar-refractivity contribution is 0.00593. The van der Waals surface area contributed by atoms with E-state index in [1.54, 1.807) is 26.4 Å². The molecule has 2 heterocycles. The van der Waals surface area contributed by atoms with Crippen LogP contribution in [0.2, 0.25) is 0 Å². The fourth-order valence-electron chi connectivity index (χ4n) is 5.07. The lowest BCUT2D eigenvalue weighted by Crippen LogP contribution is -2.54. The number of hydrogen-bond donors (Lipinski definition) is 1. The molecule has 0 spiro atoms. The Bertz CT molecular complexity index is 1200. The summed E-state index contributed by atoms with van der Waals surface area (Å²) in [6.45, 7) is 5.99. The Balaban J connectivity index is 0.00000361. The summed E-state index contributed by atoms with van der Waals surface area (Å²) >= 11 is 0. The fourth-order valence-corrected chi connectivity index (χ4v) is 5.07. The van der Waals surface area contributed by atoms with Crippen molar-refractivity contribution in [2.24, 2.45) is 0 Å². The predicted octanol–water partition coefficient (Wildman–Crippen LogP) is 2.31. The minimum absolute atomic E-state index is 0. The number of piperidine rings is 1. The summed E-state index contributed by atoms with van der Waals surface area (Å²) in [5.74, 6) is 0.428. The number of hydrogen-bond acceptors (Lipinski definition) is 5. The van der Waals surface area contributed by atoms with Gasteiger partial charge in [0, 0.05) is 33.3 Å². The zero-order valence-electron chi connectivity index (χ0n) is 21.4. The summed E-state index contributed by atoms with van der Waals surface area (Å²) in [6.07, 6.45) is 2.67. The number of benzene rings is 2. The van der Waals surface area contributed by atoms with E-state index in [4.69, 9.17) is 9.47 Å². The van der Waals surface area contributed by atoms with E-state index in [1.165, 1.54) is 0 Å². The molecule has 0 radical (unpaired) electrons. The van der Waals surface area contributed by atoms with Gasteiger partial charge in [-0.15, -0.1) is 0 Å². The van der Waals surface area contributed by atoms with E-state index in [0.717, 1.165) is 49.9 Å². The lowest BCUT2D eigenvalue weighted by Gasteiger charge is -2.38. The lowest BCUT2D eigenvalue weighted by atomic mass is 10.0. The van der Waals surface area contributed by atoms with Crippen LogP contribution in [0.25, 0.3) is 11.0 Å². The van der Waals surface area contributed by atoms with Gasteiger partial charge in [-0.3, -0.25) is 13.9 Å². The van der Waals surface area contributed by atoms with E-state index >= 15 is 0 Å². The van der Waals surface area contributed by atoms with Crippen LogP contribution in [0.15, 0.2) is 53.3 Å². The van der Waals surface area contributed by atoms with Crippen molar-refractivity contribution in [2.45, 2.75) is 51.4 Å². The molecule has 3 aromatic rings. The molecular weight excluding hydrogens is 460 g/mol. The number of carbonyl (C=O) groups excluding carboxylic acids is 1. The summed E-state index contributed by atoms with van der Waals surface area (Å²) in [6, 6.07) is 15.2. The van der Waals surface area contributed by atoms with Crippen LogP contribution in [-0.4, -0.2) is 71.4 Å². The Morgan fingerprint density at radius 1 is 1.00 bits per heavy atom. The molecule has 9 nitrogen and oxygen atoms in total. The van der Waals surface area contributed by atoms with Crippen LogP contribution in [0.5, 0.6) is 5.75 Å². The number of likely N-dealkylation sites (tertiary alicyclic amines) is 1. The minimum Gasteiger partial charge on any atom is -0.496 e. The van der Waals surface area contributed by atoms with Crippen LogP contribution in [-0.2, 0) is 17.8 Å². The Morgan fingerprint density at radius 2 is 1.67 bits per heavy atom. The van der Waals surface area contributed by atoms with Crippen molar-refractivity contribution in [2.75, 3.05) is 33.9 Å². The van der Waals surface area contributed by atoms with Crippen molar-refractivity contribution in [3.63, 3.8) is 0 Å². The SMILES string of the molecule is CCn1c(=O)n(CCCCN2CCC(NC(=O)c3ccccc3OC)C(OC)C2)c2ccccc21.O. The van der Waals surface area contributed by atoms with Gasteiger partial charge in [0.25, 0.3) is 5.91 Å². The molecule has 196 valence electrons. The molecule has 1 fully saturated rings. The highest BCUT2D eigenvalue weighted by Gasteiger charge is 2.31. The molecule has 0 aliphatic carbocycles. The number of para-hydroxylation sites is 3. The zero-order chi connectivity index (χ0) is 24.8. The number of nitrogens with zero attached hydrogens (tertiary/aromatic N) is 3. The zero-order valence-corrected chi connectivity index (χ0v) is 21.4. The van der Waals surface area contributed by atoms with E-state index in [2.05, 4.69) is 10.2 Å². The molecule has 0 bridgehead atoms. The minimum atomic E-state index is -0.139. The smallest absolute Gasteiger partial charge is 0.329 e. The Hall–Kier alpha value is -3.14. The van der Waals surface area contributed by atoms with Gasteiger partial charge in [0.05, 0.1) is 35.9 Å². The average molecular weight is 499 g/mol. The number of ether oxygens (including phenoxy) is 2. The highest BCUT2D eigenvalue weighted by atomic mass is 16.5. The third kappa shape index (κ3) is 5.80. The molecule has 1 saturated heterocycles. The third-order valence-corrected chi connectivity index (χ3v) is 6.96. The van der Waals surface area contributed by atoms with Crippen molar-refractivity contribution >= 4 is 16.9 Å². The van der Waals surface area contributed by atoms with Crippen LogP contribution >= 0.6 is 0 Å². The number of aromatic nitrogens is 2. The molecule has 9 heteroatoms. The topological polar surface area (TPSA) is 109 Å². The van der Waals surface area contributed by atoms with Crippen molar-refractivity contribution < 1.29 is 19.7 Å². The summed E-state index contributed by atoms with van der Waals surface area (Å²) in [4.78, 5) is 28.0. The second-order valence-corrected chi connectivity index (χ2v) is 9.02. The Morgan fingerprint density at radius 3 is 2.36 bits per heavy atom. The maximum Gasteiger partial charge on any atom is 0.329 e. The van der Waals surface area contributed by atoms with Gasteiger partial charge < -0.3 is 25.2 Å². The van der Waals surface area contributed by atoms with Gasteiger partial charge in [0.15, 0.2) is 0 Å². The van der Waals surface area contributed by atoms with Gasteiger partial charge >= 0.3 is 5.69 Å². The summed E-state index contributed by atoms with van der Waals surface area (Å²) in [5, 5.41) is 3.14. The van der Waals surface area contributed by atoms with E-state index < -0.39 is 0 Å². The van der Waals surface area contributed by atoms with Gasteiger partial charge in [-0.1, -0.05) is 24.3 Å². The third-order valence-electron chi connectivity index (χ3n) is 6.96. The van der Waals surface area contributed by atoms with Crippen LogP contribution in [0.3, 0.4) is 0 Å². The van der Waals surface area contributed by atoms with E-state index in [0.29, 0.717) is 24.4 Å². The van der Waals surface area contributed by atoms with Crippen molar-refractivity contribution in [1.82, 2.24) is 19.4 Å². The second kappa shape index (κ2) is 12.7. The van der Waals surface area contributed by atoms with Crippen molar-refractivity contribution in [1.29, 1.82) is 0 Å². The number of nitrogens with one attached hydrogen (secondary N) is 1. The van der Waals surface area contributed by atoms with Gasteiger partial charge in [-0.2, -0.15) is 0 Å². The molecular formula is C27H38N4O5. The number of unbranched alkanes of at least 4 members (excludes halogenated alkanes) is 1. The van der Waals surface area contributed by atoms with E-state index in [9.17, 15) is 9.59 Å². The summed E-state index contributed by atoms with van der Waals surface area (Å²) in [5.41, 5.74) is 2.61. The molecule has 2 aromatic carbocycles. The molecule has 2 atom stereocenters. The number of aryl methyl sites for hydroxylation is 2. The molecule has 1 aliphatic heterocycles.